The SMILES string of the molecule is CCC(C)NC(=O)C(C)Oc1ccccc1C(N)CC. The maximum Gasteiger partial charge on any atom is 0.260 e. The van der Waals surface area contributed by atoms with Gasteiger partial charge >= 0.3 is 0 Å². The molecule has 0 saturated heterocycles. The van der Waals surface area contributed by atoms with Gasteiger partial charge in [-0.1, -0.05) is 32.0 Å². The number of carbonyl (C=O) groups is 1. The molecule has 3 unspecified atom stereocenters. The Morgan fingerprint density at radius 3 is 2.50 bits per heavy atom. The Bertz CT molecular complexity index is 434. The van der Waals surface area contributed by atoms with E-state index in [2.05, 4.69) is 5.32 Å². The number of benzene rings is 1. The predicted octanol–water partition coefficient (Wildman–Crippen LogP) is 2.78. The zero-order valence-electron chi connectivity index (χ0n) is 12.8. The number of hydrogen-bond donors (Lipinski definition) is 2. The van der Waals surface area contributed by atoms with Crippen molar-refractivity contribution in [2.75, 3.05) is 0 Å². The summed E-state index contributed by atoms with van der Waals surface area (Å²) in [5, 5.41) is 2.92. The van der Waals surface area contributed by atoms with Crippen molar-refractivity contribution in [3.63, 3.8) is 0 Å². The molecule has 1 aromatic carbocycles. The van der Waals surface area contributed by atoms with Crippen LogP contribution in [0.1, 0.15) is 52.1 Å². The molecule has 0 radical (unpaired) electrons. The molecule has 20 heavy (non-hydrogen) atoms. The summed E-state index contributed by atoms with van der Waals surface area (Å²) in [5.74, 6) is 0.591. The Morgan fingerprint density at radius 1 is 1.25 bits per heavy atom. The Balaban J connectivity index is 2.75. The Morgan fingerprint density at radius 2 is 1.90 bits per heavy atom. The molecule has 0 bridgehead atoms. The smallest absolute Gasteiger partial charge is 0.260 e. The fourth-order valence-electron chi connectivity index (χ4n) is 1.82. The van der Waals surface area contributed by atoms with E-state index >= 15 is 0 Å². The first-order valence-electron chi connectivity index (χ1n) is 7.31. The van der Waals surface area contributed by atoms with Crippen LogP contribution in [-0.2, 0) is 4.79 Å². The average Bonchev–Trinajstić information content (AvgIpc) is 2.46. The normalized spacial score (nSPS) is 15.2. The monoisotopic (exact) mass is 278 g/mol. The molecule has 0 saturated carbocycles. The van der Waals surface area contributed by atoms with Gasteiger partial charge in [0.15, 0.2) is 6.10 Å². The number of nitrogens with one attached hydrogen (secondary N) is 1. The molecule has 1 rings (SSSR count). The Kier molecular flexibility index (Phi) is 6.52. The Labute approximate surface area is 121 Å². The van der Waals surface area contributed by atoms with E-state index in [9.17, 15) is 4.79 Å². The summed E-state index contributed by atoms with van der Waals surface area (Å²) in [7, 11) is 0. The summed E-state index contributed by atoms with van der Waals surface area (Å²) in [4.78, 5) is 12.0. The van der Waals surface area contributed by atoms with E-state index in [1.165, 1.54) is 0 Å². The van der Waals surface area contributed by atoms with Gasteiger partial charge in [0.05, 0.1) is 0 Å². The van der Waals surface area contributed by atoms with Crippen molar-refractivity contribution in [1.29, 1.82) is 0 Å². The summed E-state index contributed by atoms with van der Waals surface area (Å²) in [5.41, 5.74) is 7.01. The van der Waals surface area contributed by atoms with E-state index in [0.717, 1.165) is 18.4 Å². The van der Waals surface area contributed by atoms with Crippen LogP contribution in [0.2, 0.25) is 0 Å². The number of rotatable bonds is 7. The average molecular weight is 278 g/mol. The van der Waals surface area contributed by atoms with Gasteiger partial charge in [0.1, 0.15) is 5.75 Å². The number of amides is 1. The molecule has 0 aliphatic carbocycles. The molecule has 1 amide bonds. The van der Waals surface area contributed by atoms with Gasteiger partial charge in [0, 0.05) is 17.6 Å². The second-order valence-electron chi connectivity index (χ2n) is 5.13. The molecule has 0 aliphatic rings. The second-order valence-corrected chi connectivity index (χ2v) is 5.13. The molecular formula is C16H26N2O2. The standard InChI is InChI=1S/C16H26N2O2/c1-5-11(3)18-16(19)12(4)20-15-10-8-7-9-13(15)14(17)6-2/h7-12,14H,5-6,17H2,1-4H3,(H,18,19). The highest BCUT2D eigenvalue weighted by molar-refractivity contribution is 5.81. The van der Waals surface area contributed by atoms with Crippen LogP contribution in [0.25, 0.3) is 0 Å². The third-order valence-corrected chi connectivity index (χ3v) is 3.43. The van der Waals surface area contributed by atoms with Gasteiger partial charge in [0.25, 0.3) is 5.91 Å². The second kappa shape index (κ2) is 7.90. The molecule has 1 aromatic rings. The topological polar surface area (TPSA) is 64.3 Å². The molecule has 4 nitrogen and oxygen atoms in total. The van der Waals surface area contributed by atoms with Crippen molar-refractivity contribution >= 4 is 5.91 Å². The van der Waals surface area contributed by atoms with Gasteiger partial charge in [-0.15, -0.1) is 0 Å². The third-order valence-electron chi connectivity index (χ3n) is 3.43. The van der Waals surface area contributed by atoms with Crippen molar-refractivity contribution in [1.82, 2.24) is 5.32 Å². The summed E-state index contributed by atoms with van der Waals surface area (Å²) in [6.45, 7) is 7.80. The highest BCUT2D eigenvalue weighted by atomic mass is 16.5. The molecule has 3 N–H and O–H groups in total. The molecule has 4 heteroatoms. The minimum Gasteiger partial charge on any atom is -0.481 e. The Hall–Kier alpha value is -1.55. The first kappa shape index (κ1) is 16.5. The lowest BCUT2D eigenvalue weighted by molar-refractivity contribution is -0.127. The van der Waals surface area contributed by atoms with Crippen molar-refractivity contribution < 1.29 is 9.53 Å². The van der Waals surface area contributed by atoms with Crippen LogP contribution in [0.15, 0.2) is 24.3 Å². The van der Waals surface area contributed by atoms with Crippen LogP contribution >= 0.6 is 0 Å². The molecule has 0 fully saturated rings. The van der Waals surface area contributed by atoms with Gasteiger partial charge in [-0.05, 0) is 32.8 Å². The maximum absolute atomic E-state index is 12.0. The summed E-state index contributed by atoms with van der Waals surface area (Å²) in [6, 6.07) is 7.71. The number of carbonyl (C=O) groups excluding carboxylic acids is 1. The lowest BCUT2D eigenvalue weighted by Crippen LogP contribution is -2.41. The molecule has 3 atom stereocenters. The van der Waals surface area contributed by atoms with E-state index in [1.54, 1.807) is 6.92 Å². The fraction of sp³-hybridized carbons (Fsp3) is 0.562. The molecule has 0 spiro atoms. The van der Waals surface area contributed by atoms with Gasteiger partial charge < -0.3 is 15.8 Å². The van der Waals surface area contributed by atoms with Crippen molar-refractivity contribution in [2.45, 2.75) is 58.7 Å². The number of para-hydroxylation sites is 1. The number of ether oxygens (including phenoxy) is 1. The zero-order valence-corrected chi connectivity index (χ0v) is 12.8. The van der Waals surface area contributed by atoms with Gasteiger partial charge in [-0.3, -0.25) is 4.79 Å². The number of nitrogens with two attached hydrogens (primary N) is 1. The minimum atomic E-state index is -0.533. The summed E-state index contributed by atoms with van der Waals surface area (Å²) in [6.07, 6.45) is 1.19. The van der Waals surface area contributed by atoms with Crippen LogP contribution in [0, 0.1) is 0 Å². The molecule has 0 heterocycles. The van der Waals surface area contributed by atoms with E-state index < -0.39 is 6.10 Å². The largest absolute Gasteiger partial charge is 0.481 e. The number of hydrogen-bond acceptors (Lipinski definition) is 3. The van der Waals surface area contributed by atoms with E-state index in [-0.39, 0.29) is 18.0 Å². The van der Waals surface area contributed by atoms with Crippen LogP contribution in [0.4, 0.5) is 0 Å². The lowest BCUT2D eigenvalue weighted by Gasteiger charge is -2.21. The van der Waals surface area contributed by atoms with Crippen molar-refractivity contribution in [3.05, 3.63) is 29.8 Å². The first-order valence-corrected chi connectivity index (χ1v) is 7.31. The molecule has 0 aromatic heterocycles. The predicted molar refractivity (Wildman–Crippen MR) is 81.6 cm³/mol. The van der Waals surface area contributed by atoms with Crippen molar-refractivity contribution in [3.8, 4) is 5.75 Å². The van der Waals surface area contributed by atoms with Crippen molar-refractivity contribution in [2.24, 2.45) is 5.73 Å². The maximum atomic E-state index is 12.0. The zero-order chi connectivity index (χ0) is 15.1. The quantitative estimate of drug-likeness (QED) is 0.806. The summed E-state index contributed by atoms with van der Waals surface area (Å²) >= 11 is 0. The van der Waals surface area contributed by atoms with E-state index in [1.807, 2.05) is 45.0 Å². The lowest BCUT2D eigenvalue weighted by atomic mass is 10.0. The van der Waals surface area contributed by atoms with Crippen LogP contribution in [-0.4, -0.2) is 18.1 Å². The van der Waals surface area contributed by atoms with E-state index in [0.29, 0.717) is 5.75 Å². The first-order chi connectivity index (χ1) is 9.49. The molecule has 112 valence electrons. The molecule has 0 aliphatic heterocycles. The van der Waals surface area contributed by atoms with Crippen LogP contribution < -0.4 is 15.8 Å². The summed E-state index contributed by atoms with van der Waals surface area (Å²) < 4.78 is 5.78. The van der Waals surface area contributed by atoms with Gasteiger partial charge in [-0.2, -0.15) is 0 Å². The minimum absolute atomic E-state index is 0.0731. The molecular weight excluding hydrogens is 252 g/mol. The third kappa shape index (κ3) is 4.53. The van der Waals surface area contributed by atoms with Gasteiger partial charge in [0.2, 0.25) is 0 Å². The van der Waals surface area contributed by atoms with Gasteiger partial charge in [-0.25, -0.2) is 0 Å². The van der Waals surface area contributed by atoms with Crippen LogP contribution in [0.5, 0.6) is 5.75 Å². The highest BCUT2D eigenvalue weighted by Crippen LogP contribution is 2.26. The highest BCUT2D eigenvalue weighted by Gasteiger charge is 2.18. The van der Waals surface area contributed by atoms with E-state index in [4.69, 9.17) is 10.5 Å². The van der Waals surface area contributed by atoms with Crippen LogP contribution in [0.3, 0.4) is 0 Å². The fourth-order valence-corrected chi connectivity index (χ4v) is 1.82.